The number of carbonyl (C=O) groups is 3. The second kappa shape index (κ2) is 32.4. The molecule has 0 aliphatic carbocycles. The molecule has 78 heavy (non-hydrogen) atoms. The minimum Gasteiger partial charge on any atom is -0.468 e. The molecule has 0 saturated carbocycles. The predicted octanol–water partition coefficient (Wildman–Crippen LogP) is 11.6. The molecule has 0 spiro atoms. The number of benzene rings is 6. The molecule has 8 aromatic rings. The van der Waals surface area contributed by atoms with Crippen molar-refractivity contribution in [1.82, 2.24) is 50.6 Å². The number of esters is 2. The molecule has 15 nitrogen and oxygen atoms in total. The van der Waals surface area contributed by atoms with Gasteiger partial charge in [0.15, 0.2) is 11.6 Å². The Kier molecular flexibility index (Phi) is 27.0. The van der Waals surface area contributed by atoms with E-state index in [4.69, 9.17) is 9.47 Å². The van der Waals surface area contributed by atoms with Crippen molar-refractivity contribution in [2.24, 2.45) is 11.8 Å². The summed E-state index contributed by atoms with van der Waals surface area (Å²) in [4.78, 5) is 39.5. The molecule has 0 fully saturated rings. The Morgan fingerprint density at radius 2 is 0.987 bits per heavy atom. The zero-order chi connectivity index (χ0) is 52.4. The van der Waals surface area contributed by atoms with Crippen LogP contribution >= 0.6 is 12.4 Å². The number of amides is 1. The first kappa shape index (κ1) is 65.0. The van der Waals surface area contributed by atoms with Crippen LogP contribution in [-0.2, 0) is 68.6 Å². The van der Waals surface area contributed by atoms with E-state index in [1.54, 1.807) is 9.58 Å². The molecule has 2 atom stereocenters. The van der Waals surface area contributed by atoms with Crippen LogP contribution in [0.3, 0.4) is 0 Å². The van der Waals surface area contributed by atoms with Gasteiger partial charge in [-0.2, -0.15) is 0 Å². The molecule has 0 aliphatic rings. The minimum atomic E-state index is -0.641. The molecule has 6 aromatic carbocycles. The van der Waals surface area contributed by atoms with Gasteiger partial charge in [0.2, 0.25) is 5.91 Å². The van der Waals surface area contributed by atoms with Crippen molar-refractivity contribution in [2.45, 2.75) is 99.6 Å². The zero-order valence-corrected chi connectivity index (χ0v) is 47.4. The normalized spacial score (nSPS) is 11.3. The molecule has 0 bridgehead atoms. The largest absolute Gasteiger partial charge is 0.468 e. The summed E-state index contributed by atoms with van der Waals surface area (Å²) in [6, 6.07) is 51.9. The summed E-state index contributed by atoms with van der Waals surface area (Å²) in [5.41, 5.74) is 10.3. The molecule has 1 N–H and O–H groups in total. The number of ether oxygens (including phenoxy) is 2. The van der Waals surface area contributed by atoms with E-state index >= 15 is 0 Å². The second-order valence-electron chi connectivity index (χ2n) is 18.7. The molecule has 1 radical (unpaired) electrons. The van der Waals surface area contributed by atoms with Crippen molar-refractivity contribution >= 4 is 30.3 Å². The third-order valence-electron chi connectivity index (χ3n) is 12.8. The van der Waals surface area contributed by atoms with Crippen LogP contribution in [0, 0.1) is 19.3 Å². The number of carbonyl (C=O) groups excluding carboxylic acids is 3. The van der Waals surface area contributed by atoms with Crippen molar-refractivity contribution in [1.29, 1.82) is 0 Å². The number of hydrogen-bond acceptors (Lipinski definition) is 12. The van der Waals surface area contributed by atoms with Gasteiger partial charge in [-0.15, -0.1) is 22.6 Å². The summed E-state index contributed by atoms with van der Waals surface area (Å²) in [6.45, 7) is 12.0. The monoisotopic (exact) mass is 1110 g/mol. The minimum absolute atomic E-state index is 0. The number of halogens is 1. The van der Waals surface area contributed by atoms with Gasteiger partial charge in [0.05, 0.1) is 27.3 Å². The Morgan fingerprint density at radius 1 is 0.564 bits per heavy atom. The molecule has 2 heterocycles. The summed E-state index contributed by atoms with van der Waals surface area (Å²) < 4.78 is 13.6. The number of rotatable bonds is 21. The quantitative estimate of drug-likeness (QED) is 0.0534. The average Bonchev–Trinajstić information content (AvgIpc) is 4.12. The maximum absolute atomic E-state index is 13.2. The van der Waals surface area contributed by atoms with Crippen LogP contribution in [0.25, 0.3) is 45.0 Å². The first-order chi connectivity index (χ1) is 36.0. The van der Waals surface area contributed by atoms with Crippen LogP contribution in [0.4, 0.5) is 0 Å². The van der Waals surface area contributed by atoms with Crippen LogP contribution in [0.1, 0.15) is 83.6 Å². The smallest absolute Gasteiger partial charge is 0.328 e. The van der Waals surface area contributed by atoms with E-state index in [1.165, 1.54) is 14.2 Å². The van der Waals surface area contributed by atoms with E-state index in [0.717, 1.165) is 74.3 Å². The third kappa shape index (κ3) is 17.1. The van der Waals surface area contributed by atoms with Crippen LogP contribution < -0.4 is 5.32 Å². The van der Waals surface area contributed by atoms with Gasteiger partial charge in [-0.05, 0) is 83.6 Å². The van der Waals surface area contributed by atoms with Gasteiger partial charge in [-0.25, -0.2) is 14.2 Å². The van der Waals surface area contributed by atoms with Crippen LogP contribution in [-0.4, -0.2) is 89.5 Å². The molecule has 2 aromatic heterocycles. The number of aromatic nitrogens is 8. The Hall–Kier alpha value is -7.30. The molecule has 0 aliphatic heterocycles. The average molecular weight is 1110 g/mol. The van der Waals surface area contributed by atoms with E-state index in [2.05, 4.69) is 104 Å². The van der Waals surface area contributed by atoms with Gasteiger partial charge < -0.3 is 27.1 Å². The maximum Gasteiger partial charge on any atom is 0.328 e. The number of hydrogen-bond donors (Lipinski definition) is 1. The molecule has 17 heteroatoms. The molecule has 1 amide bonds. The van der Waals surface area contributed by atoms with Gasteiger partial charge in [0, 0.05) is 49.2 Å². The van der Waals surface area contributed by atoms with E-state index in [9.17, 15) is 14.4 Å². The second-order valence-corrected chi connectivity index (χ2v) is 18.7. The van der Waals surface area contributed by atoms with Crippen LogP contribution in [0.5, 0.6) is 0 Å². The SMILES string of the molecule is C.CCCCC(=O)N(Cc1ccc(-c2ccccc2-c2nnnn2Cc2ccccc2)cc1)[C@H](C(=O)OC)C(C)C.COC(=O)[C@@H](NCc1ccc(-c2ccccc2-c2nnnn2Cc2ccccc2)cc1)C(C)C.Cl.[CH3-].[V]. The number of nitrogens with one attached hydrogen (secondary N) is 1. The summed E-state index contributed by atoms with van der Waals surface area (Å²) in [5.74, 6) is 0.807. The number of tetrazole rings is 2. The van der Waals surface area contributed by atoms with Crippen molar-refractivity contribution in [3.05, 3.63) is 187 Å². The van der Waals surface area contributed by atoms with Gasteiger partial charge in [0.25, 0.3) is 0 Å². The first-order valence-corrected chi connectivity index (χ1v) is 25.2. The Labute approximate surface area is 478 Å². The topological polar surface area (TPSA) is 172 Å². The molecule has 0 unspecified atom stereocenters. The fraction of sp³-hybridized carbons (Fsp3) is 0.311. The van der Waals surface area contributed by atoms with Gasteiger partial charge in [-0.1, -0.05) is 206 Å². The summed E-state index contributed by atoms with van der Waals surface area (Å²) >= 11 is 0. The van der Waals surface area contributed by atoms with E-state index < -0.39 is 12.0 Å². The van der Waals surface area contributed by atoms with E-state index in [0.29, 0.717) is 38.4 Å². The predicted molar refractivity (Wildman–Crippen MR) is 307 cm³/mol. The van der Waals surface area contributed by atoms with Gasteiger partial charge in [-0.3, -0.25) is 9.59 Å². The number of nitrogens with zero attached hydrogens (tertiary/aromatic N) is 9. The Bertz CT molecular complexity index is 3050. The summed E-state index contributed by atoms with van der Waals surface area (Å²) in [7, 11) is 2.79. The number of unbranched alkanes of at least 4 members (excludes halogenated alkanes) is 1. The van der Waals surface area contributed by atoms with Gasteiger partial charge >= 0.3 is 11.9 Å². The molecular weight excluding hydrogens is 1040 g/mol. The third-order valence-corrected chi connectivity index (χ3v) is 12.8. The van der Waals surface area contributed by atoms with Crippen molar-refractivity contribution in [3.63, 3.8) is 0 Å². The Morgan fingerprint density at radius 3 is 1.40 bits per heavy atom. The van der Waals surface area contributed by atoms with Crippen molar-refractivity contribution in [2.75, 3.05) is 14.2 Å². The van der Waals surface area contributed by atoms with Crippen LogP contribution in [0.15, 0.2) is 158 Å². The fourth-order valence-electron chi connectivity index (χ4n) is 8.81. The molecular formula is C61H74ClN10O5V-. The molecule has 411 valence electrons. The van der Waals surface area contributed by atoms with Crippen LogP contribution in [0.2, 0.25) is 0 Å². The molecule has 8 rings (SSSR count). The summed E-state index contributed by atoms with van der Waals surface area (Å²) in [6.07, 6.45) is 2.09. The standard InChI is InChI=1S/C32H37N5O3.C27H29N5O2.CH4.CH3.ClH.V/c1-5-6-16-29(38)36(30(23(2)3)32(39)40-4)21-25-17-19-26(20-18-25)27-14-10-11-15-28(27)31-33-34-35-37(31)22-24-12-8-7-9-13-24;1-19(2)25(27(33)34-3)28-17-20-13-15-22(16-14-20)23-11-7-8-12-24(23)26-29-30-31-32(26)18-21-9-5-4-6-10-21;;;;/h7-15,17-20,23,30H,5-6,16,21-22H2,1-4H3;4-16,19,25,28H,17-18H2,1-3H3;1H4;1H3;1H;/q;;;-1;;/t30-;25-;;;;/m00..../s1. The van der Waals surface area contributed by atoms with E-state index in [-0.39, 0.29) is 75.6 Å². The first-order valence-electron chi connectivity index (χ1n) is 25.2. The zero-order valence-electron chi connectivity index (χ0n) is 45.2. The van der Waals surface area contributed by atoms with Gasteiger partial charge in [0.1, 0.15) is 12.1 Å². The summed E-state index contributed by atoms with van der Waals surface area (Å²) in [5, 5.41) is 28.3. The Balaban J connectivity index is 0.000000394. The van der Waals surface area contributed by atoms with Crippen molar-refractivity contribution in [3.8, 4) is 45.0 Å². The van der Waals surface area contributed by atoms with Crippen molar-refractivity contribution < 1.29 is 42.4 Å². The number of methoxy groups -OCH3 is 2. The maximum atomic E-state index is 13.2. The molecule has 0 saturated heterocycles. The fourth-order valence-corrected chi connectivity index (χ4v) is 8.81. The van der Waals surface area contributed by atoms with E-state index in [1.807, 2.05) is 129 Å².